The fourth-order valence-corrected chi connectivity index (χ4v) is 2.22. The molecule has 0 aromatic rings. The van der Waals surface area contributed by atoms with Gasteiger partial charge in [-0.2, -0.15) is 0 Å². The van der Waals surface area contributed by atoms with E-state index < -0.39 is 0 Å². The first kappa shape index (κ1) is 22.7. The van der Waals surface area contributed by atoms with E-state index in [0.29, 0.717) is 6.61 Å². The summed E-state index contributed by atoms with van der Waals surface area (Å²) in [6, 6.07) is 0. The summed E-state index contributed by atoms with van der Waals surface area (Å²) in [4.78, 5) is 10.8. The highest BCUT2D eigenvalue weighted by Gasteiger charge is 1.97. The Hall–Kier alpha value is -0.540. The molecule has 0 spiro atoms. The first-order valence-electron chi connectivity index (χ1n) is 8.42. The van der Waals surface area contributed by atoms with Crippen LogP contribution in [-0.4, -0.2) is 25.7 Å². The zero-order valence-corrected chi connectivity index (χ0v) is 14.5. The molecular formula is C17H34ClNO2. The highest BCUT2D eigenvalue weighted by atomic mass is 35.5. The largest absolute Gasteiger partial charge is 1.00 e. The van der Waals surface area contributed by atoms with E-state index in [1.165, 1.54) is 70.3 Å². The zero-order chi connectivity index (χ0) is 14.9. The molecule has 0 aliphatic carbocycles. The third-order valence-electron chi connectivity index (χ3n) is 3.49. The Balaban J connectivity index is 0. The van der Waals surface area contributed by atoms with Crippen molar-refractivity contribution < 1.29 is 27.3 Å². The molecule has 0 rings (SSSR count). The van der Waals surface area contributed by atoms with Gasteiger partial charge in [-0.15, -0.1) is 0 Å². The number of ether oxygens (including phenoxy) is 1. The smallest absolute Gasteiger partial charge is 0.330 e. The van der Waals surface area contributed by atoms with E-state index in [2.05, 4.69) is 18.8 Å². The Morgan fingerprint density at radius 3 is 2.00 bits per heavy atom. The van der Waals surface area contributed by atoms with Gasteiger partial charge in [0.15, 0.2) is 0 Å². The SMILES string of the molecule is C=CC(=O)OCC[NH2+]CCCCCCCCCCCC.[Cl-]. The van der Waals surface area contributed by atoms with Gasteiger partial charge in [0.2, 0.25) is 0 Å². The Labute approximate surface area is 137 Å². The van der Waals surface area contributed by atoms with Gasteiger partial charge in [0.05, 0.1) is 6.54 Å². The lowest BCUT2D eigenvalue weighted by molar-refractivity contribution is -0.656. The summed E-state index contributed by atoms with van der Waals surface area (Å²) in [5.41, 5.74) is 0. The molecule has 0 amide bonds. The summed E-state index contributed by atoms with van der Waals surface area (Å²) in [7, 11) is 0. The van der Waals surface area contributed by atoms with Gasteiger partial charge in [-0.25, -0.2) is 4.79 Å². The van der Waals surface area contributed by atoms with Crippen molar-refractivity contribution in [2.75, 3.05) is 19.7 Å². The molecular weight excluding hydrogens is 286 g/mol. The lowest BCUT2D eigenvalue weighted by Gasteiger charge is -2.03. The second kappa shape index (κ2) is 19.5. The number of hydrogen-bond acceptors (Lipinski definition) is 2. The first-order chi connectivity index (χ1) is 9.81. The molecule has 3 nitrogen and oxygen atoms in total. The maximum atomic E-state index is 10.8. The van der Waals surface area contributed by atoms with Gasteiger partial charge in [0.1, 0.15) is 13.2 Å². The van der Waals surface area contributed by atoms with Crippen molar-refractivity contribution in [1.82, 2.24) is 0 Å². The Morgan fingerprint density at radius 1 is 0.952 bits per heavy atom. The van der Waals surface area contributed by atoms with E-state index >= 15 is 0 Å². The topological polar surface area (TPSA) is 42.9 Å². The zero-order valence-electron chi connectivity index (χ0n) is 13.7. The summed E-state index contributed by atoms with van der Waals surface area (Å²) in [5, 5.41) is 2.22. The van der Waals surface area contributed by atoms with Gasteiger partial charge in [0, 0.05) is 6.08 Å². The summed E-state index contributed by atoms with van der Waals surface area (Å²) in [6.45, 7) is 8.11. The number of quaternary nitrogens is 1. The van der Waals surface area contributed by atoms with E-state index in [0.717, 1.165) is 13.1 Å². The van der Waals surface area contributed by atoms with Gasteiger partial charge in [-0.3, -0.25) is 0 Å². The number of rotatable bonds is 15. The van der Waals surface area contributed by atoms with Crippen molar-refractivity contribution in [3.63, 3.8) is 0 Å². The Kier molecular flexibility index (Phi) is 21.1. The van der Waals surface area contributed by atoms with E-state index in [1.54, 1.807) is 0 Å². The van der Waals surface area contributed by atoms with Crippen molar-refractivity contribution in [3.05, 3.63) is 12.7 Å². The summed E-state index contributed by atoms with van der Waals surface area (Å²) >= 11 is 0. The highest BCUT2D eigenvalue weighted by molar-refractivity contribution is 5.81. The predicted molar refractivity (Wildman–Crippen MR) is 84.7 cm³/mol. The van der Waals surface area contributed by atoms with Crippen LogP contribution in [0.3, 0.4) is 0 Å². The maximum Gasteiger partial charge on any atom is 0.330 e. The van der Waals surface area contributed by atoms with Crippen molar-refractivity contribution >= 4 is 5.97 Å². The number of esters is 1. The van der Waals surface area contributed by atoms with E-state index in [-0.39, 0.29) is 18.4 Å². The lowest BCUT2D eigenvalue weighted by atomic mass is 10.1. The van der Waals surface area contributed by atoms with Crippen molar-refractivity contribution in [2.24, 2.45) is 0 Å². The molecule has 0 fully saturated rings. The minimum absolute atomic E-state index is 0. The average molecular weight is 320 g/mol. The molecule has 2 N–H and O–H groups in total. The number of carbonyl (C=O) groups excluding carboxylic acids is 1. The molecule has 0 heterocycles. The van der Waals surface area contributed by atoms with Gasteiger partial charge in [-0.1, -0.05) is 64.9 Å². The molecule has 0 unspecified atom stereocenters. The van der Waals surface area contributed by atoms with Crippen molar-refractivity contribution in [2.45, 2.75) is 71.1 Å². The van der Waals surface area contributed by atoms with Crippen LogP contribution in [0.25, 0.3) is 0 Å². The molecule has 0 saturated carbocycles. The Bertz CT molecular complexity index is 235. The minimum Gasteiger partial charge on any atom is -1.00 e. The minimum atomic E-state index is -0.322. The predicted octanol–water partition coefficient (Wildman–Crippen LogP) is 0.204. The van der Waals surface area contributed by atoms with Crippen LogP contribution in [0.2, 0.25) is 0 Å². The molecule has 126 valence electrons. The van der Waals surface area contributed by atoms with Crippen LogP contribution in [-0.2, 0) is 9.53 Å². The number of nitrogens with two attached hydrogens (primary N) is 1. The molecule has 0 aromatic carbocycles. The Morgan fingerprint density at radius 2 is 1.48 bits per heavy atom. The molecule has 0 radical (unpaired) electrons. The molecule has 0 aliphatic heterocycles. The standard InChI is InChI=1S/C17H33NO2.ClH/c1-3-5-6-7-8-9-10-11-12-13-14-18-15-16-20-17(19)4-2;/h4,18H,2-3,5-16H2,1H3;1H. The third kappa shape index (κ3) is 19.5. The quantitative estimate of drug-likeness (QED) is 0.266. The van der Waals surface area contributed by atoms with Crippen LogP contribution in [0.1, 0.15) is 71.1 Å². The number of carbonyl (C=O) groups is 1. The van der Waals surface area contributed by atoms with Gasteiger partial charge in [0.25, 0.3) is 0 Å². The molecule has 21 heavy (non-hydrogen) atoms. The number of unbranched alkanes of at least 4 members (excludes halogenated alkanes) is 9. The van der Waals surface area contributed by atoms with Crippen LogP contribution in [0.5, 0.6) is 0 Å². The first-order valence-corrected chi connectivity index (χ1v) is 8.42. The van der Waals surface area contributed by atoms with Crippen LogP contribution in [0, 0.1) is 0 Å². The molecule has 0 atom stereocenters. The maximum absolute atomic E-state index is 10.8. The molecule has 0 aromatic heterocycles. The van der Waals surface area contributed by atoms with Crippen LogP contribution < -0.4 is 17.7 Å². The van der Waals surface area contributed by atoms with E-state index in [1.807, 2.05) is 0 Å². The van der Waals surface area contributed by atoms with E-state index in [4.69, 9.17) is 4.74 Å². The fourth-order valence-electron chi connectivity index (χ4n) is 2.22. The average Bonchev–Trinajstić information content (AvgIpc) is 2.47. The molecule has 0 aliphatic rings. The molecule has 0 saturated heterocycles. The normalized spacial score (nSPS) is 9.95. The molecule has 0 bridgehead atoms. The molecule has 4 heteroatoms. The van der Waals surface area contributed by atoms with Gasteiger partial charge >= 0.3 is 5.97 Å². The van der Waals surface area contributed by atoms with E-state index in [9.17, 15) is 4.79 Å². The van der Waals surface area contributed by atoms with Crippen molar-refractivity contribution in [3.8, 4) is 0 Å². The van der Waals surface area contributed by atoms with Crippen LogP contribution in [0.4, 0.5) is 0 Å². The third-order valence-corrected chi connectivity index (χ3v) is 3.49. The summed E-state index contributed by atoms with van der Waals surface area (Å²) in [6.07, 6.45) is 15.0. The lowest BCUT2D eigenvalue weighted by Crippen LogP contribution is -3.00. The van der Waals surface area contributed by atoms with Gasteiger partial charge in [-0.05, 0) is 12.8 Å². The summed E-state index contributed by atoms with van der Waals surface area (Å²) < 4.78 is 4.90. The summed E-state index contributed by atoms with van der Waals surface area (Å²) in [5.74, 6) is -0.322. The van der Waals surface area contributed by atoms with Crippen LogP contribution in [0.15, 0.2) is 12.7 Å². The number of hydrogen-bond donors (Lipinski definition) is 1. The van der Waals surface area contributed by atoms with Crippen LogP contribution >= 0.6 is 0 Å². The fraction of sp³-hybridized carbons (Fsp3) is 0.824. The van der Waals surface area contributed by atoms with Gasteiger partial charge < -0.3 is 22.5 Å². The highest BCUT2D eigenvalue weighted by Crippen LogP contribution is 2.09. The second-order valence-electron chi connectivity index (χ2n) is 5.42. The second-order valence-corrected chi connectivity index (χ2v) is 5.42. The number of halogens is 1. The van der Waals surface area contributed by atoms with Crippen molar-refractivity contribution in [1.29, 1.82) is 0 Å². The monoisotopic (exact) mass is 319 g/mol.